The third kappa shape index (κ3) is 2.80. The van der Waals surface area contributed by atoms with Gasteiger partial charge in [0, 0.05) is 17.1 Å². The maximum absolute atomic E-state index is 5.85. The molecule has 0 saturated carbocycles. The molecule has 1 aromatic heterocycles. The molecule has 0 aliphatic heterocycles. The zero-order chi connectivity index (χ0) is 14.9. The van der Waals surface area contributed by atoms with Crippen LogP contribution in [0.2, 0.25) is 0 Å². The van der Waals surface area contributed by atoms with Gasteiger partial charge in [0.2, 0.25) is 0 Å². The number of nitrogens with zero attached hydrogens (tertiary/aromatic N) is 1. The van der Waals surface area contributed by atoms with Gasteiger partial charge >= 0.3 is 0 Å². The molecule has 1 aromatic carbocycles. The molecule has 0 aliphatic rings. The first kappa shape index (κ1) is 14.5. The fourth-order valence-electron chi connectivity index (χ4n) is 2.38. The average Bonchev–Trinajstić information content (AvgIpc) is 2.32. The summed E-state index contributed by atoms with van der Waals surface area (Å²) in [4.78, 5) is 4.80. The van der Waals surface area contributed by atoms with Crippen LogP contribution in [-0.4, -0.2) is 9.97 Å². The Bertz CT molecular complexity index is 657. The van der Waals surface area contributed by atoms with E-state index in [-0.39, 0.29) is 0 Å². The molecular formula is C16H19N3S. The van der Waals surface area contributed by atoms with Gasteiger partial charge in [-0.25, -0.2) is 0 Å². The summed E-state index contributed by atoms with van der Waals surface area (Å²) < 4.78 is 0. The van der Waals surface area contributed by atoms with E-state index in [2.05, 4.69) is 36.3 Å². The number of para-hydroxylation sites is 1. The van der Waals surface area contributed by atoms with Gasteiger partial charge in [-0.1, -0.05) is 30.4 Å². The van der Waals surface area contributed by atoms with Crippen molar-refractivity contribution in [3.05, 3.63) is 52.3 Å². The van der Waals surface area contributed by atoms with Crippen LogP contribution >= 0.6 is 12.2 Å². The Labute approximate surface area is 125 Å². The van der Waals surface area contributed by atoms with Gasteiger partial charge in [-0.3, -0.25) is 4.98 Å². The third-order valence-electron chi connectivity index (χ3n) is 3.32. The summed E-state index contributed by atoms with van der Waals surface area (Å²) in [5, 5.41) is 3.46. The number of nitrogens with one attached hydrogen (secondary N) is 1. The van der Waals surface area contributed by atoms with Gasteiger partial charge < -0.3 is 11.1 Å². The van der Waals surface area contributed by atoms with E-state index in [9.17, 15) is 0 Å². The summed E-state index contributed by atoms with van der Waals surface area (Å²) >= 11 is 5.16. The summed E-state index contributed by atoms with van der Waals surface area (Å²) in [6.45, 7) is 8.05. The van der Waals surface area contributed by atoms with Crippen LogP contribution in [0.1, 0.15) is 28.1 Å². The average molecular weight is 285 g/mol. The van der Waals surface area contributed by atoms with Gasteiger partial charge in [0.25, 0.3) is 0 Å². The molecule has 2 rings (SSSR count). The molecule has 3 nitrogen and oxygen atoms in total. The molecule has 0 radical (unpaired) electrons. The number of thiocarbonyl (C=S) groups is 1. The van der Waals surface area contributed by atoms with Gasteiger partial charge in [0.15, 0.2) is 0 Å². The molecule has 0 aliphatic carbocycles. The highest BCUT2D eigenvalue weighted by Crippen LogP contribution is 2.28. The molecule has 0 amide bonds. The molecule has 0 bridgehead atoms. The van der Waals surface area contributed by atoms with Crippen molar-refractivity contribution < 1.29 is 0 Å². The van der Waals surface area contributed by atoms with Crippen LogP contribution in [0, 0.1) is 27.7 Å². The number of aryl methyl sites for hydroxylation is 4. The highest BCUT2D eigenvalue weighted by molar-refractivity contribution is 7.80. The Hall–Kier alpha value is -1.94. The molecule has 1 heterocycles. The molecule has 0 atom stereocenters. The van der Waals surface area contributed by atoms with Crippen LogP contribution in [0.15, 0.2) is 24.3 Å². The predicted molar refractivity (Wildman–Crippen MR) is 88.8 cm³/mol. The second kappa shape index (κ2) is 5.59. The van der Waals surface area contributed by atoms with E-state index in [0.717, 1.165) is 28.3 Å². The van der Waals surface area contributed by atoms with Crippen LogP contribution in [0.4, 0.5) is 11.4 Å². The molecule has 0 saturated heterocycles. The van der Waals surface area contributed by atoms with Crippen molar-refractivity contribution in [2.45, 2.75) is 27.7 Å². The SMILES string of the molecule is Cc1cc(Nc2c(C)cccc2C)c(C(N)=S)c(C)n1. The van der Waals surface area contributed by atoms with Crippen LogP contribution in [-0.2, 0) is 0 Å². The van der Waals surface area contributed by atoms with E-state index >= 15 is 0 Å². The highest BCUT2D eigenvalue weighted by Gasteiger charge is 2.13. The minimum atomic E-state index is 0.365. The fraction of sp³-hybridized carbons (Fsp3) is 0.250. The van der Waals surface area contributed by atoms with Gasteiger partial charge in [0.1, 0.15) is 4.99 Å². The largest absolute Gasteiger partial charge is 0.389 e. The van der Waals surface area contributed by atoms with Crippen LogP contribution in [0.3, 0.4) is 0 Å². The first-order chi connectivity index (χ1) is 9.40. The van der Waals surface area contributed by atoms with Gasteiger partial charge in [-0.2, -0.15) is 0 Å². The molecule has 20 heavy (non-hydrogen) atoms. The molecule has 0 fully saturated rings. The van der Waals surface area contributed by atoms with Crippen molar-refractivity contribution in [2.24, 2.45) is 5.73 Å². The van der Waals surface area contributed by atoms with E-state index in [1.807, 2.05) is 26.0 Å². The fourth-order valence-corrected chi connectivity index (χ4v) is 2.64. The van der Waals surface area contributed by atoms with E-state index in [1.54, 1.807) is 0 Å². The van der Waals surface area contributed by atoms with Crippen molar-refractivity contribution in [1.82, 2.24) is 4.98 Å². The van der Waals surface area contributed by atoms with E-state index in [4.69, 9.17) is 18.0 Å². The monoisotopic (exact) mass is 285 g/mol. The van der Waals surface area contributed by atoms with Crippen LogP contribution in [0.25, 0.3) is 0 Å². The van der Waals surface area contributed by atoms with Crippen molar-refractivity contribution in [3.63, 3.8) is 0 Å². The summed E-state index contributed by atoms with van der Waals surface area (Å²) in [7, 11) is 0. The Balaban J connectivity index is 2.56. The third-order valence-corrected chi connectivity index (χ3v) is 3.52. The maximum Gasteiger partial charge on any atom is 0.107 e. The van der Waals surface area contributed by atoms with E-state index in [1.165, 1.54) is 11.1 Å². The molecule has 104 valence electrons. The summed E-state index contributed by atoms with van der Waals surface area (Å²) in [6, 6.07) is 8.19. The van der Waals surface area contributed by atoms with Crippen molar-refractivity contribution >= 4 is 28.6 Å². The highest BCUT2D eigenvalue weighted by atomic mass is 32.1. The van der Waals surface area contributed by atoms with Crippen molar-refractivity contribution in [3.8, 4) is 0 Å². The lowest BCUT2D eigenvalue weighted by molar-refractivity contribution is 1.11. The summed E-state index contributed by atoms with van der Waals surface area (Å²) in [5.74, 6) is 0. The Kier molecular flexibility index (Phi) is 4.04. The molecular weight excluding hydrogens is 266 g/mol. The number of pyridine rings is 1. The number of aromatic nitrogens is 1. The molecule has 4 heteroatoms. The molecule has 0 unspecified atom stereocenters. The molecule has 0 spiro atoms. The lowest BCUT2D eigenvalue weighted by Crippen LogP contribution is -2.15. The lowest BCUT2D eigenvalue weighted by atomic mass is 10.1. The lowest BCUT2D eigenvalue weighted by Gasteiger charge is -2.17. The van der Waals surface area contributed by atoms with E-state index < -0.39 is 0 Å². The molecule has 3 N–H and O–H groups in total. The van der Waals surface area contributed by atoms with Crippen LogP contribution in [0.5, 0.6) is 0 Å². The van der Waals surface area contributed by atoms with Gasteiger partial charge in [-0.05, 0) is 44.9 Å². The number of hydrogen-bond donors (Lipinski definition) is 2. The summed E-state index contributed by atoms with van der Waals surface area (Å²) in [5.41, 5.74) is 12.8. The quantitative estimate of drug-likeness (QED) is 0.844. The first-order valence-corrected chi connectivity index (χ1v) is 6.92. The van der Waals surface area contributed by atoms with Crippen molar-refractivity contribution in [2.75, 3.05) is 5.32 Å². The minimum absolute atomic E-state index is 0.365. The standard InChI is InChI=1S/C16H19N3S/c1-9-6-5-7-10(2)15(9)19-13-8-11(3)18-12(4)14(13)16(17)20/h5-8H,1-4H3,(H2,17,20)(H,18,19). The topological polar surface area (TPSA) is 50.9 Å². The predicted octanol–water partition coefficient (Wildman–Crippen LogP) is 3.69. The summed E-state index contributed by atoms with van der Waals surface area (Å²) in [6.07, 6.45) is 0. The number of hydrogen-bond acceptors (Lipinski definition) is 3. The Morgan fingerprint density at radius 3 is 2.30 bits per heavy atom. The number of rotatable bonds is 3. The molecule has 2 aromatic rings. The number of anilines is 2. The number of benzene rings is 1. The second-order valence-electron chi connectivity index (χ2n) is 5.03. The van der Waals surface area contributed by atoms with Gasteiger partial charge in [-0.15, -0.1) is 0 Å². The Morgan fingerprint density at radius 1 is 1.15 bits per heavy atom. The van der Waals surface area contributed by atoms with Gasteiger partial charge in [0.05, 0.1) is 11.3 Å². The smallest absolute Gasteiger partial charge is 0.107 e. The van der Waals surface area contributed by atoms with Crippen molar-refractivity contribution in [1.29, 1.82) is 0 Å². The first-order valence-electron chi connectivity index (χ1n) is 6.51. The normalized spacial score (nSPS) is 10.4. The maximum atomic E-state index is 5.85. The van der Waals surface area contributed by atoms with Crippen LogP contribution < -0.4 is 11.1 Å². The minimum Gasteiger partial charge on any atom is -0.389 e. The second-order valence-corrected chi connectivity index (χ2v) is 5.47. The zero-order valence-electron chi connectivity index (χ0n) is 12.2. The zero-order valence-corrected chi connectivity index (χ0v) is 13.1. The van der Waals surface area contributed by atoms with E-state index in [0.29, 0.717) is 4.99 Å². The Morgan fingerprint density at radius 2 is 1.75 bits per heavy atom. The number of nitrogens with two attached hydrogens (primary N) is 1.